The average Bonchev–Trinajstić information content (AvgIpc) is 2.74. The molecule has 0 aliphatic rings. The zero-order valence-corrected chi connectivity index (χ0v) is 18.7. The quantitative estimate of drug-likeness (QED) is 0.390. The van der Waals surface area contributed by atoms with E-state index in [2.05, 4.69) is 15.1 Å². The third-order valence-electron chi connectivity index (χ3n) is 4.33. The van der Waals surface area contributed by atoms with Gasteiger partial charge in [-0.3, -0.25) is 9.78 Å². The van der Waals surface area contributed by atoms with Crippen molar-refractivity contribution >= 4 is 46.6 Å². The summed E-state index contributed by atoms with van der Waals surface area (Å²) in [5.41, 5.74) is 0.630. The van der Waals surface area contributed by atoms with Crippen LogP contribution >= 0.6 is 46.6 Å². The van der Waals surface area contributed by atoms with Gasteiger partial charge in [0.1, 0.15) is 6.20 Å². The highest BCUT2D eigenvalue weighted by molar-refractivity contribution is 7.99. The second-order valence-corrected chi connectivity index (χ2v) is 8.77. The number of nitrogens with one attached hydrogen (secondary N) is 1. The number of nitrogens with zero attached hydrogens (tertiary/aromatic N) is 3. The lowest BCUT2D eigenvalue weighted by atomic mass is 10.0. The minimum Gasteiger partial charge on any atom is -0.271 e. The molecule has 1 N–H and O–H groups in total. The van der Waals surface area contributed by atoms with Crippen LogP contribution in [0.3, 0.4) is 0 Å². The van der Waals surface area contributed by atoms with Gasteiger partial charge in [-0.2, -0.15) is 9.78 Å². The third kappa shape index (κ3) is 4.85. The number of hydrogen-bond acceptors (Lipinski definition) is 5. The van der Waals surface area contributed by atoms with E-state index in [1.54, 1.807) is 30.5 Å². The van der Waals surface area contributed by atoms with Crippen LogP contribution in [-0.2, 0) is 0 Å². The van der Waals surface area contributed by atoms with E-state index < -0.39 is 11.2 Å². The molecule has 156 valence electrons. The van der Waals surface area contributed by atoms with Gasteiger partial charge in [0.05, 0.1) is 16.0 Å². The van der Waals surface area contributed by atoms with Gasteiger partial charge in [-0.1, -0.05) is 64.8 Å². The van der Waals surface area contributed by atoms with E-state index in [4.69, 9.17) is 34.8 Å². The van der Waals surface area contributed by atoms with Crippen LogP contribution in [0.5, 0.6) is 0 Å². The molecule has 0 saturated carbocycles. The Hall–Kier alpha value is -2.58. The summed E-state index contributed by atoms with van der Waals surface area (Å²) in [6.45, 7) is 0. The van der Waals surface area contributed by atoms with E-state index in [1.165, 1.54) is 11.8 Å². The summed E-state index contributed by atoms with van der Waals surface area (Å²) in [6, 6.07) is 16.2. The molecule has 0 bridgehead atoms. The smallest absolute Gasteiger partial charge is 0.271 e. The second-order valence-electron chi connectivity index (χ2n) is 6.39. The molecule has 6 nitrogen and oxygen atoms in total. The molecule has 4 aromatic rings. The van der Waals surface area contributed by atoms with Crippen molar-refractivity contribution in [1.82, 2.24) is 19.7 Å². The molecule has 2 heterocycles. The molecule has 0 aliphatic heterocycles. The fourth-order valence-corrected chi connectivity index (χ4v) is 5.08. The number of benzene rings is 2. The minimum atomic E-state index is -0.690. The maximum atomic E-state index is 12.1. The van der Waals surface area contributed by atoms with Gasteiger partial charge < -0.3 is 0 Å². The van der Waals surface area contributed by atoms with Crippen LogP contribution in [0.25, 0.3) is 5.69 Å². The predicted octanol–water partition coefficient (Wildman–Crippen LogP) is 5.16. The van der Waals surface area contributed by atoms with Gasteiger partial charge in [0, 0.05) is 26.8 Å². The lowest BCUT2D eigenvalue weighted by Gasteiger charge is -2.21. The molecular formula is C21H13Cl3N4O2S. The first-order valence-corrected chi connectivity index (χ1v) is 10.9. The predicted molar refractivity (Wildman–Crippen MR) is 124 cm³/mol. The molecule has 4 rings (SSSR count). The van der Waals surface area contributed by atoms with E-state index in [0.29, 0.717) is 26.3 Å². The Morgan fingerprint density at radius 1 is 0.968 bits per heavy atom. The van der Waals surface area contributed by atoms with Crippen LogP contribution in [0.15, 0.2) is 81.6 Å². The van der Waals surface area contributed by atoms with Gasteiger partial charge in [-0.15, -0.1) is 0 Å². The van der Waals surface area contributed by atoms with Crippen LogP contribution in [0, 0.1) is 0 Å². The molecule has 0 amide bonds. The summed E-state index contributed by atoms with van der Waals surface area (Å²) in [5, 5.41) is 5.64. The molecule has 31 heavy (non-hydrogen) atoms. The van der Waals surface area contributed by atoms with Gasteiger partial charge in [0.25, 0.3) is 5.56 Å². The third-order valence-corrected chi connectivity index (χ3v) is 6.44. The van der Waals surface area contributed by atoms with Crippen molar-refractivity contribution in [1.29, 1.82) is 0 Å². The largest absolute Gasteiger partial charge is 0.349 e. The average molecular weight is 492 g/mol. The summed E-state index contributed by atoms with van der Waals surface area (Å²) >= 11 is 20.8. The molecule has 2 aromatic carbocycles. The Morgan fingerprint density at radius 3 is 2.29 bits per heavy atom. The molecule has 1 atom stereocenters. The van der Waals surface area contributed by atoms with E-state index in [9.17, 15) is 9.59 Å². The van der Waals surface area contributed by atoms with E-state index in [0.717, 1.165) is 21.5 Å². The van der Waals surface area contributed by atoms with Gasteiger partial charge in [-0.25, -0.2) is 9.78 Å². The topological polar surface area (TPSA) is 80.6 Å². The number of thioether (sulfide) groups is 1. The summed E-state index contributed by atoms with van der Waals surface area (Å²) in [7, 11) is 0. The van der Waals surface area contributed by atoms with Crippen molar-refractivity contribution in [2.45, 2.75) is 10.3 Å². The SMILES string of the molecule is O=c1cnn(-c2cc(Cl)c(C(Sc3ccccn3)c3ccc(Cl)cc3)c(Cl)c2)c(=O)[nH]1. The number of H-pyrrole nitrogens is 1. The van der Waals surface area contributed by atoms with Crippen molar-refractivity contribution in [2.24, 2.45) is 0 Å². The zero-order chi connectivity index (χ0) is 22.0. The van der Waals surface area contributed by atoms with Crippen molar-refractivity contribution < 1.29 is 0 Å². The van der Waals surface area contributed by atoms with Crippen molar-refractivity contribution in [3.05, 3.63) is 114 Å². The molecule has 1 unspecified atom stereocenters. The lowest BCUT2D eigenvalue weighted by molar-refractivity contribution is 0.749. The minimum absolute atomic E-state index is 0.290. The number of halogens is 3. The molecule has 2 aromatic heterocycles. The molecule has 0 saturated heterocycles. The highest BCUT2D eigenvalue weighted by Crippen LogP contribution is 2.46. The second kappa shape index (κ2) is 9.28. The molecular weight excluding hydrogens is 479 g/mol. The summed E-state index contributed by atoms with van der Waals surface area (Å²) in [6.07, 6.45) is 2.71. The van der Waals surface area contributed by atoms with Gasteiger partial charge in [0.2, 0.25) is 0 Å². The van der Waals surface area contributed by atoms with E-state index in [-0.39, 0.29) is 5.25 Å². The first-order valence-electron chi connectivity index (χ1n) is 8.93. The highest BCUT2D eigenvalue weighted by Gasteiger charge is 2.23. The lowest BCUT2D eigenvalue weighted by Crippen LogP contribution is -2.30. The maximum Gasteiger partial charge on any atom is 0.349 e. The fraction of sp³-hybridized carbons (Fsp3) is 0.0476. The Kier molecular flexibility index (Phi) is 6.48. The van der Waals surface area contributed by atoms with Crippen LogP contribution < -0.4 is 11.2 Å². The van der Waals surface area contributed by atoms with Gasteiger partial charge >= 0.3 is 5.69 Å². The highest BCUT2D eigenvalue weighted by atomic mass is 35.5. The van der Waals surface area contributed by atoms with Gasteiger partial charge in [-0.05, 0) is 42.0 Å². The normalized spacial score (nSPS) is 12.0. The molecule has 0 spiro atoms. The number of aromatic nitrogens is 4. The van der Waals surface area contributed by atoms with Crippen molar-refractivity contribution in [3.8, 4) is 5.69 Å². The molecule has 0 radical (unpaired) electrons. The summed E-state index contributed by atoms with van der Waals surface area (Å²) < 4.78 is 1.02. The van der Waals surface area contributed by atoms with E-state index in [1.807, 2.05) is 30.3 Å². The molecule has 10 heteroatoms. The fourth-order valence-electron chi connectivity index (χ4n) is 2.95. The molecule has 0 fully saturated rings. The van der Waals surface area contributed by atoms with Crippen molar-refractivity contribution in [2.75, 3.05) is 0 Å². The standard InChI is InChI=1S/C21H13Cl3N4O2S/c22-13-6-4-12(5-7-13)20(31-18-3-1-2-8-25-18)19-15(23)9-14(10-16(19)24)28-21(30)27-17(29)11-26-28/h1-11,20H,(H,27,29,30). The van der Waals surface area contributed by atoms with Crippen LogP contribution in [0.4, 0.5) is 0 Å². The Morgan fingerprint density at radius 2 is 1.68 bits per heavy atom. The van der Waals surface area contributed by atoms with Crippen LogP contribution in [0.2, 0.25) is 15.1 Å². The first-order chi connectivity index (χ1) is 14.9. The summed E-state index contributed by atoms with van der Waals surface area (Å²) in [5.74, 6) is 0. The van der Waals surface area contributed by atoms with E-state index >= 15 is 0 Å². The Bertz CT molecular complexity index is 1320. The number of aromatic amines is 1. The van der Waals surface area contributed by atoms with Gasteiger partial charge in [0.15, 0.2) is 0 Å². The van der Waals surface area contributed by atoms with Crippen LogP contribution in [-0.4, -0.2) is 19.7 Å². The first kappa shape index (κ1) is 21.6. The molecule has 0 aliphatic carbocycles. The monoisotopic (exact) mass is 490 g/mol. The number of pyridine rings is 1. The number of hydrogen-bond donors (Lipinski definition) is 1. The Balaban J connectivity index is 1.83. The van der Waals surface area contributed by atoms with Crippen LogP contribution in [0.1, 0.15) is 16.4 Å². The number of rotatable bonds is 5. The summed E-state index contributed by atoms with van der Waals surface area (Å²) in [4.78, 5) is 30.0. The van der Waals surface area contributed by atoms with Crippen molar-refractivity contribution in [3.63, 3.8) is 0 Å². The zero-order valence-electron chi connectivity index (χ0n) is 15.6. The Labute approximate surface area is 195 Å². The maximum absolute atomic E-state index is 12.1.